The molecular formula is C12H15ClO2. The number of hydrogen-bond donors (Lipinski definition) is 0. The quantitative estimate of drug-likeness (QED) is 0.722. The molecule has 1 aromatic carbocycles. The lowest BCUT2D eigenvalue weighted by Crippen LogP contribution is -2.11. The van der Waals surface area contributed by atoms with E-state index in [9.17, 15) is 0 Å². The molecule has 1 aliphatic heterocycles. The Labute approximate surface area is 95.1 Å². The van der Waals surface area contributed by atoms with Crippen LogP contribution in [0.25, 0.3) is 0 Å². The van der Waals surface area contributed by atoms with Gasteiger partial charge in [0.1, 0.15) is 0 Å². The lowest BCUT2D eigenvalue weighted by molar-refractivity contribution is -0.0571. The molecule has 0 aromatic heterocycles. The van der Waals surface area contributed by atoms with E-state index < -0.39 is 0 Å². The predicted molar refractivity (Wildman–Crippen MR) is 60.2 cm³/mol. The van der Waals surface area contributed by atoms with E-state index in [1.807, 2.05) is 0 Å². The van der Waals surface area contributed by atoms with E-state index in [1.165, 1.54) is 11.1 Å². The number of ether oxygens (including phenoxy) is 2. The first-order chi connectivity index (χ1) is 7.20. The van der Waals surface area contributed by atoms with Gasteiger partial charge >= 0.3 is 0 Å². The average Bonchev–Trinajstić information content (AvgIpc) is 2.66. The SMILES string of the molecule is Cc1ccc(C2OCC(CCl)O2)c(C)c1. The van der Waals surface area contributed by atoms with Gasteiger partial charge in [-0.3, -0.25) is 0 Å². The Morgan fingerprint density at radius 1 is 1.40 bits per heavy atom. The second-order valence-corrected chi connectivity index (χ2v) is 4.25. The van der Waals surface area contributed by atoms with E-state index in [0.717, 1.165) is 5.56 Å². The second kappa shape index (κ2) is 4.52. The summed E-state index contributed by atoms with van der Waals surface area (Å²) in [6, 6.07) is 6.27. The van der Waals surface area contributed by atoms with Gasteiger partial charge in [0.2, 0.25) is 0 Å². The Morgan fingerprint density at radius 3 is 2.80 bits per heavy atom. The molecular weight excluding hydrogens is 212 g/mol. The van der Waals surface area contributed by atoms with Gasteiger partial charge in [-0.1, -0.05) is 23.8 Å². The molecule has 2 unspecified atom stereocenters. The van der Waals surface area contributed by atoms with Crippen molar-refractivity contribution in [2.75, 3.05) is 12.5 Å². The fourth-order valence-corrected chi connectivity index (χ4v) is 1.94. The van der Waals surface area contributed by atoms with Crippen molar-refractivity contribution < 1.29 is 9.47 Å². The zero-order valence-electron chi connectivity index (χ0n) is 9.00. The Balaban J connectivity index is 2.17. The van der Waals surface area contributed by atoms with Crippen molar-refractivity contribution in [3.05, 3.63) is 34.9 Å². The first kappa shape index (κ1) is 10.9. The van der Waals surface area contributed by atoms with Gasteiger partial charge in [-0.2, -0.15) is 0 Å². The van der Waals surface area contributed by atoms with Crippen LogP contribution < -0.4 is 0 Å². The number of hydrogen-bond acceptors (Lipinski definition) is 2. The smallest absolute Gasteiger partial charge is 0.184 e. The molecule has 2 atom stereocenters. The molecule has 0 bridgehead atoms. The maximum atomic E-state index is 5.72. The zero-order valence-corrected chi connectivity index (χ0v) is 9.75. The molecule has 0 N–H and O–H groups in total. The van der Waals surface area contributed by atoms with Crippen molar-refractivity contribution in [1.29, 1.82) is 0 Å². The third-order valence-corrected chi connectivity index (χ3v) is 2.95. The number of aryl methyl sites for hydroxylation is 2. The van der Waals surface area contributed by atoms with Gasteiger partial charge in [0.05, 0.1) is 18.6 Å². The van der Waals surface area contributed by atoms with E-state index in [4.69, 9.17) is 21.1 Å². The monoisotopic (exact) mass is 226 g/mol. The van der Waals surface area contributed by atoms with Crippen LogP contribution >= 0.6 is 11.6 Å². The van der Waals surface area contributed by atoms with Crippen LogP contribution in [0.4, 0.5) is 0 Å². The highest BCUT2D eigenvalue weighted by Gasteiger charge is 2.27. The first-order valence-electron chi connectivity index (χ1n) is 5.11. The summed E-state index contributed by atoms with van der Waals surface area (Å²) < 4.78 is 11.2. The van der Waals surface area contributed by atoms with Crippen LogP contribution in [0.5, 0.6) is 0 Å². The third-order valence-electron chi connectivity index (χ3n) is 2.60. The summed E-state index contributed by atoms with van der Waals surface area (Å²) in [7, 11) is 0. The van der Waals surface area contributed by atoms with Gasteiger partial charge in [-0.05, 0) is 19.4 Å². The van der Waals surface area contributed by atoms with Crippen LogP contribution in [-0.4, -0.2) is 18.6 Å². The molecule has 0 spiro atoms. The van der Waals surface area contributed by atoms with Crippen LogP contribution in [0.2, 0.25) is 0 Å². The normalized spacial score (nSPS) is 25.8. The van der Waals surface area contributed by atoms with Gasteiger partial charge in [-0.15, -0.1) is 11.6 Å². The van der Waals surface area contributed by atoms with Gasteiger partial charge < -0.3 is 9.47 Å². The van der Waals surface area contributed by atoms with Gasteiger partial charge in [0.25, 0.3) is 0 Å². The van der Waals surface area contributed by atoms with Crippen LogP contribution in [-0.2, 0) is 9.47 Å². The topological polar surface area (TPSA) is 18.5 Å². The van der Waals surface area contributed by atoms with Crippen molar-refractivity contribution in [2.24, 2.45) is 0 Å². The lowest BCUT2D eigenvalue weighted by Gasteiger charge is -2.13. The second-order valence-electron chi connectivity index (χ2n) is 3.94. The molecule has 15 heavy (non-hydrogen) atoms. The summed E-state index contributed by atoms with van der Waals surface area (Å²) in [5.74, 6) is 0.488. The molecule has 0 saturated carbocycles. The van der Waals surface area contributed by atoms with E-state index in [2.05, 4.69) is 32.0 Å². The van der Waals surface area contributed by atoms with Crippen molar-refractivity contribution in [2.45, 2.75) is 26.2 Å². The highest BCUT2D eigenvalue weighted by molar-refractivity contribution is 6.18. The van der Waals surface area contributed by atoms with Crippen molar-refractivity contribution in [3.63, 3.8) is 0 Å². The highest BCUT2D eigenvalue weighted by atomic mass is 35.5. The van der Waals surface area contributed by atoms with Crippen LogP contribution in [0.1, 0.15) is 23.0 Å². The lowest BCUT2D eigenvalue weighted by atomic mass is 10.1. The Kier molecular flexibility index (Phi) is 3.29. The van der Waals surface area contributed by atoms with Crippen molar-refractivity contribution in [1.82, 2.24) is 0 Å². The summed E-state index contributed by atoms with van der Waals surface area (Å²) >= 11 is 5.72. The predicted octanol–water partition coefficient (Wildman–Crippen LogP) is 2.96. The highest BCUT2D eigenvalue weighted by Crippen LogP contribution is 2.29. The third kappa shape index (κ3) is 2.33. The fourth-order valence-electron chi connectivity index (χ4n) is 1.78. The Bertz CT molecular complexity index is 351. The number of alkyl halides is 1. The largest absolute Gasteiger partial charge is 0.346 e. The molecule has 0 aliphatic carbocycles. The zero-order chi connectivity index (χ0) is 10.8. The maximum Gasteiger partial charge on any atom is 0.184 e. The number of benzene rings is 1. The van der Waals surface area contributed by atoms with Gasteiger partial charge in [-0.25, -0.2) is 0 Å². The summed E-state index contributed by atoms with van der Waals surface area (Å²) in [5, 5.41) is 0. The standard InChI is InChI=1S/C12H15ClO2/c1-8-3-4-11(9(2)5-8)12-14-7-10(6-13)15-12/h3-5,10,12H,6-7H2,1-2H3. The molecule has 3 heteroatoms. The van der Waals surface area contributed by atoms with E-state index >= 15 is 0 Å². The molecule has 0 radical (unpaired) electrons. The first-order valence-corrected chi connectivity index (χ1v) is 5.64. The van der Waals surface area contributed by atoms with Gasteiger partial charge in [0, 0.05) is 5.56 Å². The van der Waals surface area contributed by atoms with Gasteiger partial charge in [0.15, 0.2) is 6.29 Å². The maximum absolute atomic E-state index is 5.72. The minimum absolute atomic E-state index is 0.0253. The Hall–Kier alpha value is -0.570. The van der Waals surface area contributed by atoms with Crippen molar-refractivity contribution >= 4 is 11.6 Å². The van der Waals surface area contributed by atoms with Crippen LogP contribution in [0, 0.1) is 13.8 Å². The van der Waals surface area contributed by atoms with Crippen LogP contribution in [0.15, 0.2) is 18.2 Å². The molecule has 1 aliphatic rings. The molecule has 1 fully saturated rings. The summed E-state index contributed by atoms with van der Waals surface area (Å²) in [5.41, 5.74) is 3.56. The molecule has 2 nitrogen and oxygen atoms in total. The van der Waals surface area contributed by atoms with E-state index in [0.29, 0.717) is 12.5 Å². The summed E-state index contributed by atoms with van der Waals surface area (Å²) in [6.45, 7) is 4.74. The summed E-state index contributed by atoms with van der Waals surface area (Å²) in [4.78, 5) is 0. The Morgan fingerprint density at radius 2 is 2.20 bits per heavy atom. The average molecular weight is 227 g/mol. The summed E-state index contributed by atoms with van der Waals surface area (Å²) in [6.07, 6.45) is -0.216. The molecule has 2 rings (SSSR count). The number of halogens is 1. The van der Waals surface area contributed by atoms with Crippen LogP contribution in [0.3, 0.4) is 0 Å². The van der Waals surface area contributed by atoms with E-state index in [1.54, 1.807) is 0 Å². The van der Waals surface area contributed by atoms with Crippen molar-refractivity contribution in [3.8, 4) is 0 Å². The minimum Gasteiger partial charge on any atom is -0.346 e. The molecule has 1 saturated heterocycles. The molecule has 82 valence electrons. The molecule has 1 heterocycles. The number of rotatable bonds is 2. The van der Waals surface area contributed by atoms with E-state index in [-0.39, 0.29) is 12.4 Å². The molecule has 0 amide bonds. The fraction of sp³-hybridized carbons (Fsp3) is 0.500. The molecule has 1 aromatic rings. The minimum atomic E-state index is -0.241.